The number of pyridine rings is 1. The quantitative estimate of drug-likeness (QED) is 0.904. The number of aromatic nitrogens is 1. The molecule has 6 nitrogen and oxygen atoms in total. The van der Waals surface area contributed by atoms with Crippen LogP contribution in [-0.2, 0) is 12.8 Å². The van der Waals surface area contributed by atoms with Crippen LogP contribution < -0.4 is 5.32 Å². The van der Waals surface area contributed by atoms with Crippen LogP contribution in [0.3, 0.4) is 0 Å². The third-order valence-corrected chi connectivity index (χ3v) is 4.58. The van der Waals surface area contributed by atoms with E-state index in [0.29, 0.717) is 24.5 Å². The van der Waals surface area contributed by atoms with Gasteiger partial charge < -0.3 is 9.80 Å². The summed E-state index contributed by atoms with van der Waals surface area (Å²) >= 11 is 0. The first-order chi connectivity index (χ1) is 12.5. The van der Waals surface area contributed by atoms with Crippen molar-refractivity contribution in [2.75, 3.05) is 32.5 Å². The maximum absolute atomic E-state index is 12.6. The monoisotopic (exact) mass is 352 g/mol. The normalized spacial score (nSPS) is 14.0. The van der Waals surface area contributed by atoms with Crippen molar-refractivity contribution >= 4 is 17.8 Å². The molecule has 1 aliphatic rings. The minimum atomic E-state index is -0.175. The Hall–Kier alpha value is -2.89. The zero-order valence-corrected chi connectivity index (χ0v) is 15.2. The number of carbonyl (C=O) groups is 2. The van der Waals surface area contributed by atoms with Crippen LogP contribution in [0.2, 0.25) is 0 Å². The second-order valence-corrected chi connectivity index (χ2v) is 6.67. The van der Waals surface area contributed by atoms with Gasteiger partial charge in [-0.2, -0.15) is 0 Å². The van der Waals surface area contributed by atoms with Crippen LogP contribution in [0.15, 0.2) is 42.6 Å². The molecular weight excluding hydrogens is 328 g/mol. The van der Waals surface area contributed by atoms with E-state index in [1.54, 1.807) is 26.2 Å². The van der Waals surface area contributed by atoms with E-state index in [-0.39, 0.29) is 11.9 Å². The lowest BCUT2D eigenvalue weighted by Crippen LogP contribution is -2.38. The highest BCUT2D eigenvalue weighted by Gasteiger charge is 2.18. The van der Waals surface area contributed by atoms with Crippen LogP contribution >= 0.6 is 0 Å². The molecule has 0 unspecified atom stereocenters. The Morgan fingerprint density at radius 3 is 2.54 bits per heavy atom. The van der Waals surface area contributed by atoms with Crippen LogP contribution in [0.25, 0.3) is 0 Å². The minimum absolute atomic E-state index is 0.120. The largest absolute Gasteiger partial charge is 0.345 e. The number of hydrogen-bond donors (Lipinski definition) is 1. The average molecular weight is 352 g/mol. The summed E-state index contributed by atoms with van der Waals surface area (Å²) in [6, 6.07) is 11.5. The van der Waals surface area contributed by atoms with Gasteiger partial charge in [0.2, 0.25) is 0 Å². The van der Waals surface area contributed by atoms with Crippen LogP contribution in [-0.4, -0.2) is 53.9 Å². The standard InChI is InChI=1S/C20H24N4O2/c1-23(2)19(25)17-9-11-21-18(14-17)22-20(26)24-12-5-8-15-6-3-4-7-16(15)10-13-24/h3-4,6-7,9,11,14H,5,8,10,12-13H2,1-2H3,(H,21,22,26). The van der Waals surface area contributed by atoms with Crippen LogP contribution in [0.4, 0.5) is 10.6 Å². The molecule has 3 amide bonds. The van der Waals surface area contributed by atoms with Gasteiger partial charge in [0.25, 0.3) is 5.91 Å². The van der Waals surface area contributed by atoms with E-state index in [0.717, 1.165) is 19.3 Å². The molecule has 0 fully saturated rings. The fourth-order valence-corrected chi connectivity index (χ4v) is 3.15. The molecule has 0 spiro atoms. The summed E-state index contributed by atoms with van der Waals surface area (Å²) in [4.78, 5) is 32.2. The first kappa shape index (κ1) is 17.9. The Labute approximate surface area is 153 Å². The van der Waals surface area contributed by atoms with Crippen molar-refractivity contribution in [1.82, 2.24) is 14.8 Å². The Kier molecular flexibility index (Phi) is 5.51. The number of benzene rings is 1. The van der Waals surface area contributed by atoms with E-state index in [1.807, 2.05) is 11.0 Å². The second-order valence-electron chi connectivity index (χ2n) is 6.67. The van der Waals surface area contributed by atoms with Crippen molar-refractivity contribution in [2.45, 2.75) is 19.3 Å². The molecule has 2 heterocycles. The van der Waals surface area contributed by atoms with E-state index in [2.05, 4.69) is 28.5 Å². The Bertz CT molecular complexity index is 804. The molecule has 0 bridgehead atoms. The molecular formula is C20H24N4O2. The number of carbonyl (C=O) groups excluding carboxylic acids is 2. The van der Waals surface area contributed by atoms with Crippen molar-refractivity contribution in [2.24, 2.45) is 0 Å². The zero-order chi connectivity index (χ0) is 18.5. The third-order valence-electron chi connectivity index (χ3n) is 4.58. The maximum atomic E-state index is 12.6. The number of hydrogen-bond acceptors (Lipinski definition) is 3. The van der Waals surface area contributed by atoms with Crippen molar-refractivity contribution in [3.63, 3.8) is 0 Å². The molecule has 1 aliphatic heterocycles. The number of anilines is 1. The van der Waals surface area contributed by atoms with E-state index in [9.17, 15) is 9.59 Å². The topological polar surface area (TPSA) is 65.5 Å². The summed E-state index contributed by atoms with van der Waals surface area (Å²) in [5.74, 6) is 0.274. The Morgan fingerprint density at radius 2 is 1.81 bits per heavy atom. The highest BCUT2D eigenvalue weighted by atomic mass is 16.2. The highest BCUT2D eigenvalue weighted by molar-refractivity contribution is 5.96. The predicted molar refractivity (Wildman–Crippen MR) is 101 cm³/mol. The molecule has 3 rings (SSSR count). The molecule has 0 atom stereocenters. The molecule has 0 aliphatic carbocycles. The fourth-order valence-electron chi connectivity index (χ4n) is 3.15. The molecule has 6 heteroatoms. The first-order valence-electron chi connectivity index (χ1n) is 8.85. The zero-order valence-electron chi connectivity index (χ0n) is 15.2. The van der Waals surface area contributed by atoms with Crippen molar-refractivity contribution in [3.8, 4) is 0 Å². The summed E-state index contributed by atoms with van der Waals surface area (Å²) < 4.78 is 0. The summed E-state index contributed by atoms with van der Waals surface area (Å²) in [6.07, 6.45) is 4.29. The lowest BCUT2D eigenvalue weighted by Gasteiger charge is -2.26. The van der Waals surface area contributed by atoms with Crippen LogP contribution in [0, 0.1) is 0 Å². The third kappa shape index (κ3) is 4.20. The molecule has 0 saturated carbocycles. The number of rotatable bonds is 2. The molecule has 136 valence electrons. The smallest absolute Gasteiger partial charge is 0.323 e. The van der Waals surface area contributed by atoms with Gasteiger partial charge in [0, 0.05) is 38.9 Å². The summed E-state index contributed by atoms with van der Waals surface area (Å²) in [7, 11) is 3.39. The van der Waals surface area contributed by atoms with E-state index < -0.39 is 0 Å². The molecule has 1 N–H and O–H groups in total. The van der Waals surface area contributed by atoms with Gasteiger partial charge in [-0.05, 0) is 42.5 Å². The summed E-state index contributed by atoms with van der Waals surface area (Å²) in [5.41, 5.74) is 3.19. The van der Waals surface area contributed by atoms with E-state index >= 15 is 0 Å². The number of aryl methyl sites for hydroxylation is 1. The number of amides is 3. The lowest BCUT2D eigenvalue weighted by molar-refractivity contribution is 0.0827. The molecule has 0 saturated heterocycles. The van der Waals surface area contributed by atoms with Gasteiger partial charge in [-0.25, -0.2) is 9.78 Å². The van der Waals surface area contributed by atoms with E-state index in [4.69, 9.17) is 0 Å². The number of nitrogens with one attached hydrogen (secondary N) is 1. The van der Waals surface area contributed by atoms with Gasteiger partial charge in [0.15, 0.2) is 0 Å². The SMILES string of the molecule is CN(C)C(=O)c1ccnc(NC(=O)N2CCCc3ccccc3CC2)c1. The van der Waals surface area contributed by atoms with Gasteiger partial charge in [0.1, 0.15) is 5.82 Å². The molecule has 1 aromatic heterocycles. The average Bonchev–Trinajstić information content (AvgIpc) is 2.62. The Balaban J connectivity index is 1.67. The second kappa shape index (κ2) is 7.99. The predicted octanol–water partition coefficient (Wildman–Crippen LogP) is 2.81. The molecule has 1 aromatic carbocycles. The lowest BCUT2D eigenvalue weighted by atomic mass is 9.98. The number of fused-ring (bicyclic) bond motifs is 1. The summed E-state index contributed by atoms with van der Waals surface area (Å²) in [6.45, 7) is 1.37. The highest BCUT2D eigenvalue weighted by Crippen LogP contribution is 2.17. The van der Waals surface area contributed by atoms with Gasteiger partial charge in [-0.1, -0.05) is 24.3 Å². The van der Waals surface area contributed by atoms with Crippen LogP contribution in [0.5, 0.6) is 0 Å². The van der Waals surface area contributed by atoms with Crippen molar-refractivity contribution < 1.29 is 9.59 Å². The minimum Gasteiger partial charge on any atom is -0.345 e. The van der Waals surface area contributed by atoms with Crippen LogP contribution in [0.1, 0.15) is 27.9 Å². The van der Waals surface area contributed by atoms with Gasteiger partial charge in [-0.3, -0.25) is 10.1 Å². The molecule has 26 heavy (non-hydrogen) atoms. The van der Waals surface area contributed by atoms with Gasteiger partial charge >= 0.3 is 6.03 Å². The van der Waals surface area contributed by atoms with Crippen molar-refractivity contribution in [3.05, 3.63) is 59.3 Å². The van der Waals surface area contributed by atoms with Crippen molar-refractivity contribution in [1.29, 1.82) is 0 Å². The fraction of sp³-hybridized carbons (Fsp3) is 0.350. The summed E-state index contributed by atoms with van der Waals surface area (Å²) in [5, 5.41) is 2.82. The molecule has 0 radical (unpaired) electrons. The molecule has 2 aromatic rings. The van der Waals surface area contributed by atoms with Gasteiger partial charge in [-0.15, -0.1) is 0 Å². The maximum Gasteiger partial charge on any atom is 0.323 e. The first-order valence-corrected chi connectivity index (χ1v) is 8.85. The number of nitrogens with zero attached hydrogens (tertiary/aromatic N) is 3. The van der Waals surface area contributed by atoms with Gasteiger partial charge in [0.05, 0.1) is 0 Å². The van der Waals surface area contributed by atoms with E-state index in [1.165, 1.54) is 22.2 Å². The number of urea groups is 1. The Morgan fingerprint density at radius 1 is 1.08 bits per heavy atom.